The largest absolute Gasteiger partial charge is 0.348 e. The molecule has 0 aliphatic rings. The van der Waals surface area contributed by atoms with Crippen molar-refractivity contribution in [2.75, 3.05) is 0 Å². The number of carbonyl (C=O) groups excluding carboxylic acids is 1. The van der Waals surface area contributed by atoms with Crippen LogP contribution in [0, 0.1) is 11.6 Å². The molecule has 2 aromatic carbocycles. The first-order valence-corrected chi connectivity index (χ1v) is 6.12. The van der Waals surface area contributed by atoms with Crippen molar-refractivity contribution in [2.24, 2.45) is 5.73 Å². The summed E-state index contributed by atoms with van der Waals surface area (Å²) in [7, 11) is 0. The fourth-order valence-corrected chi connectivity index (χ4v) is 1.85. The highest BCUT2D eigenvalue weighted by atomic mass is 19.1. The molecule has 5 heteroatoms. The molecule has 2 rings (SSSR count). The number of carbonyl (C=O) groups is 1. The van der Waals surface area contributed by atoms with E-state index >= 15 is 0 Å². The maximum Gasteiger partial charge on any atom is 0.257 e. The fourth-order valence-electron chi connectivity index (χ4n) is 1.85. The van der Waals surface area contributed by atoms with E-state index in [1.807, 2.05) is 18.2 Å². The first kappa shape index (κ1) is 14.1. The summed E-state index contributed by atoms with van der Waals surface area (Å²) in [6.07, 6.45) is 0. The molecule has 2 aromatic rings. The Hall–Kier alpha value is -2.27. The van der Waals surface area contributed by atoms with Crippen molar-refractivity contribution in [1.29, 1.82) is 0 Å². The van der Waals surface area contributed by atoms with Crippen LogP contribution in [0.2, 0.25) is 0 Å². The number of nitrogens with two attached hydrogens (primary N) is 1. The van der Waals surface area contributed by atoms with Gasteiger partial charge in [0.2, 0.25) is 0 Å². The van der Waals surface area contributed by atoms with E-state index in [0.29, 0.717) is 6.54 Å². The summed E-state index contributed by atoms with van der Waals surface area (Å²) in [6.45, 7) is 0.574. The van der Waals surface area contributed by atoms with E-state index in [0.717, 1.165) is 23.3 Å². The van der Waals surface area contributed by atoms with Gasteiger partial charge in [0.05, 0.1) is 0 Å². The monoisotopic (exact) mass is 276 g/mol. The van der Waals surface area contributed by atoms with Crippen LogP contribution in [0.25, 0.3) is 0 Å². The van der Waals surface area contributed by atoms with E-state index in [1.54, 1.807) is 6.07 Å². The molecule has 0 fully saturated rings. The number of hydrogen-bond acceptors (Lipinski definition) is 2. The standard InChI is InChI=1S/C15H14F2N2O/c16-12-5-2-6-13(17)14(12)15(20)19-9-11-4-1-3-10(7-11)8-18/h1-7H,8-9,18H2,(H,19,20). The quantitative estimate of drug-likeness (QED) is 0.900. The summed E-state index contributed by atoms with van der Waals surface area (Å²) in [5, 5.41) is 2.49. The number of amides is 1. The third-order valence-electron chi connectivity index (χ3n) is 2.87. The molecule has 0 atom stereocenters. The van der Waals surface area contributed by atoms with Gasteiger partial charge in [-0.15, -0.1) is 0 Å². The van der Waals surface area contributed by atoms with Gasteiger partial charge in [-0.3, -0.25) is 4.79 Å². The summed E-state index contributed by atoms with van der Waals surface area (Å²) in [6, 6.07) is 10.6. The molecule has 3 N–H and O–H groups in total. The summed E-state index contributed by atoms with van der Waals surface area (Å²) < 4.78 is 26.9. The molecule has 0 unspecified atom stereocenters. The molecule has 0 heterocycles. The van der Waals surface area contributed by atoms with Gasteiger partial charge in [-0.05, 0) is 23.3 Å². The molecule has 0 bridgehead atoms. The van der Waals surface area contributed by atoms with Crippen LogP contribution in [0.15, 0.2) is 42.5 Å². The zero-order valence-corrected chi connectivity index (χ0v) is 10.7. The molecular formula is C15H14F2N2O. The van der Waals surface area contributed by atoms with E-state index in [4.69, 9.17) is 5.73 Å². The lowest BCUT2D eigenvalue weighted by atomic mass is 10.1. The summed E-state index contributed by atoms with van der Waals surface area (Å²) in [4.78, 5) is 11.8. The minimum Gasteiger partial charge on any atom is -0.348 e. The predicted octanol–water partition coefficient (Wildman–Crippen LogP) is 2.35. The van der Waals surface area contributed by atoms with Crippen molar-refractivity contribution in [1.82, 2.24) is 5.32 Å². The molecule has 0 radical (unpaired) electrons. The van der Waals surface area contributed by atoms with Crippen molar-refractivity contribution in [2.45, 2.75) is 13.1 Å². The highest BCUT2D eigenvalue weighted by Gasteiger charge is 2.16. The zero-order valence-electron chi connectivity index (χ0n) is 10.7. The van der Waals surface area contributed by atoms with Crippen molar-refractivity contribution in [3.63, 3.8) is 0 Å². The minimum absolute atomic E-state index is 0.181. The highest BCUT2D eigenvalue weighted by molar-refractivity contribution is 5.94. The van der Waals surface area contributed by atoms with Crippen LogP contribution >= 0.6 is 0 Å². The highest BCUT2D eigenvalue weighted by Crippen LogP contribution is 2.12. The molecule has 0 saturated heterocycles. The number of halogens is 2. The molecule has 20 heavy (non-hydrogen) atoms. The van der Waals surface area contributed by atoms with Gasteiger partial charge >= 0.3 is 0 Å². The van der Waals surface area contributed by atoms with E-state index in [-0.39, 0.29) is 6.54 Å². The Balaban J connectivity index is 2.09. The Kier molecular flexibility index (Phi) is 4.42. The smallest absolute Gasteiger partial charge is 0.257 e. The maximum absolute atomic E-state index is 13.4. The van der Waals surface area contributed by atoms with Crippen molar-refractivity contribution < 1.29 is 13.6 Å². The van der Waals surface area contributed by atoms with Gasteiger partial charge in [-0.1, -0.05) is 30.3 Å². The maximum atomic E-state index is 13.4. The number of nitrogens with one attached hydrogen (secondary N) is 1. The van der Waals surface area contributed by atoms with Crippen LogP contribution in [0.1, 0.15) is 21.5 Å². The van der Waals surface area contributed by atoms with Crippen LogP contribution in [0.5, 0.6) is 0 Å². The average molecular weight is 276 g/mol. The Morgan fingerprint density at radius 2 is 1.65 bits per heavy atom. The van der Waals surface area contributed by atoms with Gasteiger partial charge in [-0.25, -0.2) is 8.78 Å². The van der Waals surface area contributed by atoms with Crippen molar-refractivity contribution in [3.05, 3.63) is 70.8 Å². The predicted molar refractivity (Wildman–Crippen MR) is 71.9 cm³/mol. The molecule has 3 nitrogen and oxygen atoms in total. The van der Waals surface area contributed by atoms with Gasteiger partial charge in [0.25, 0.3) is 5.91 Å². The van der Waals surface area contributed by atoms with E-state index in [2.05, 4.69) is 5.32 Å². The Labute approximate surface area is 115 Å². The van der Waals surface area contributed by atoms with Gasteiger partial charge in [0, 0.05) is 13.1 Å². The van der Waals surface area contributed by atoms with E-state index in [1.165, 1.54) is 6.07 Å². The second-order valence-electron chi connectivity index (χ2n) is 4.30. The average Bonchev–Trinajstić information content (AvgIpc) is 2.45. The molecule has 0 spiro atoms. The molecule has 0 aliphatic heterocycles. The molecule has 0 aromatic heterocycles. The van der Waals surface area contributed by atoms with E-state index in [9.17, 15) is 13.6 Å². The van der Waals surface area contributed by atoms with E-state index < -0.39 is 23.1 Å². The Morgan fingerprint density at radius 1 is 1.05 bits per heavy atom. The van der Waals surface area contributed by atoms with Gasteiger partial charge in [-0.2, -0.15) is 0 Å². The Bertz CT molecular complexity index is 609. The lowest BCUT2D eigenvalue weighted by Gasteiger charge is -2.08. The zero-order chi connectivity index (χ0) is 14.5. The van der Waals surface area contributed by atoms with Crippen LogP contribution in [0.3, 0.4) is 0 Å². The minimum atomic E-state index is -0.877. The van der Waals surface area contributed by atoms with Gasteiger partial charge < -0.3 is 11.1 Å². The van der Waals surface area contributed by atoms with Crippen LogP contribution in [-0.4, -0.2) is 5.91 Å². The lowest BCUT2D eigenvalue weighted by molar-refractivity contribution is 0.0942. The molecule has 1 amide bonds. The topological polar surface area (TPSA) is 55.1 Å². The molecule has 104 valence electrons. The normalized spacial score (nSPS) is 10.3. The van der Waals surface area contributed by atoms with Gasteiger partial charge in [0.15, 0.2) is 0 Å². The van der Waals surface area contributed by atoms with Crippen LogP contribution in [-0.2, 0) is 13.1 Å². The fraction of sp³-hybridized carbons (Fsp3) is 0.133. The molecule has 0 saturated carbocycles. The van der Waals surface area contributed by atoms with Crippen molar-refractivity contribution in [3.8, 4) is 0 Å². The molecular weight excluding hydrogens is 262 g/mol. The molecule has 0 aliphatic carbocycles. The Morgan fingerprint density at radius 3 is 2.30 bits per heavy atom. The summed E-state index contributed by atoms with van der Waals surface area (Å²) >= 11 is 0. The number of benzene rings is 2. The van der Waals surface area contributed by atoms with Crippen LogP contribution < -0.4 is 11.1 Å². The second kappa shape index (κ2) is 6.25. The summed E-state index contributed by atoms with van der Waals surface area (Å²) in [5.41, 5.74) is 6.69. The SMILES string of the molecule is NCc1cccc(CNC(=O)c2c(F)cccc2F)c1. The van der Waals surface area contributed by atoms with Crippen molar-refractivity contribution >= 4 is 5.91 Å². The van der Waals surface area contributed by atoms with Gasteiger partial charge in [0.1, 0.15) is 17.2 Å². The number of hydrogen-bond donors (Lipinski definition) is 2. The summed E-state index contributed by atoms with van der Waals surface area (Å²) in [5.74, 6) is -2.53. The second-order valence-corrected chi connectivity index (χ2v) is 4.30. The number of rotatable bonds is 4. The van der Waals surface area contributed by atoms with Crippen LogP contribution in [0.4, 0.5) is 8.78 Å². The lowest BCUT2D eigenvalue weighted by Crippen LogP contribution is -2.25. The first-order valence-electron chi connectivity index (χ1n) is 6.12. The third-order valence-corrected chi connectivity index (χ3v) is 2.87. The first-order chi connectivity index (χ1) is 9.61. The third kappa shape index (κ3) is 3.19.